The summed E-state index contributed by atoms with van der Waals surface area (Å²) in [6.45, 7) is 1.87. The molecule has 0 bridgehead atoms. The van der Waals surface area contributed by atoms with Crippen molar-refractivity contribution in [2.75, 3.05) is 25.1 Å². The van der Waals surface area contributed by atoms with E-state index in [-0.39, 0.29) is 5.75 Å². The van der Waals surface area contributed by atoms with Crippen molar-refractivity contribution in [1.82, 2.24) is 14.4 Å². The third kappa shape index (κ3) is 2.28. The quantitative estimate of drug-likeness (QED) is 0.739. The van der Waals surface area contributed by atoms with Gasteiger partial charge in [-0.15, -0.1) is 0 Å². The van der Waals surface area contributed by atoms with Crippen LogP contribution >= 0.6 is 0 Å². The second-order valence-electron chi connectivity index (χ2n) is 5.75. The maximum Gasteiger partial charge on any atom is 0.180 e. The van der Waals surface area contributed by atoms with Crippen molar-refractivity contribution in [1.29, 1.82) is 0 Å². The second kappa shape index (κ2) is 5.74. The molecule has 1 saturated heterocycles. The first kappa shape index (κ1) is 14.9. The Balaban J connectivity index is 1.92. The lowest BCUT2D eigenvalue weighted by Crippen LogP contribution is -2.20. The fraction of sp³-hybridized carbons (Fsp3) is 0.294. The third-order valence-electron chi connectivity index (χ3n) is 4.30. The number of anilines is 1. The highest BCUT2D eigenvalue weighted by molar-refractivity contribution is 5.74. The maximum atomic E-state index is 14.0. The highest BCUT2D eigenvalue weighted by atomic mass is 19.1. The molecule has 3 aromatic rings. The van der Waals surface area contributed by atoms with Gasteiger partial charge in [-0.05, 0) is 18.9 Å². The Morgan fingerprint density at radius 1 is 1.12 bits per heavy atom. The number of nitrogens with zero attached hydrogens (tertiary/aromatic N) is 4. The Kier molecular flexibility index (Phi) is 3.55. The molecule has 0 radical (unpaired) electrons. The van der Waals surface area contributed by atoms with E-state index in [9.17, 15) is 8.78 Å². The molecule has 1 aromatic carbocycles. The zero-order valence-corrected chi connectivity index (χ0v) is 13.2. The number of methoxy groups -OCH3 is 1. The van der Waals surface area contributed by atoms with Gasteiger partial charge in [0.2, 0.25) is 0 Å². The minimum Gasteiger partial charge on any atom is -0.493 e. The molecule has 1 aliphatic rings. The molecule has 24 heavy (non-hydrogen) atoms. The van der Waals surface area contributed by atoms with Gasteiger partial charge in [0.25, 0.3) is 0 Å². The smallest absolute Gasteiger partial charge is 0.180 e. The summed E-state index contributed by atoms with van der Waals surface area (Å²) in [5.74, 6) is -0.613. The first-order chi connectivity index (χ1) is 11.7. The van der Waals surface area contributed by atoms with Crippen molar-refractivity contribution < 1.29 is 13.5 Å². The zero-order valence-electron chi connectivity index (χ0n) is 13.2. The number of hydrogen-bond acceptors (Lipinski definition) is 4. The molecule has 1 aliphatic heterocycles. The van der Waals surface area contributed by atoms with Gasteiger partial charge in [0.05, 0.1) is 19.0 Å². The first-order valence-corrected chi connectivity index (χ1v) is 7.79. The highest BCUT2D eigenvalue weighted by Crippen LogP contribution is 2.35. The highest BCUT2D eigenvalue weighted by Gasteiger charge is 2.21. The van der Waals surface area contributed by atoms with Crippen molar-refractivity contribution in [3.8, 4) is 17.0 Å². The minimum atomic E-state index is -0.740. The van der Waals surface area contributed by atoms with E-state index < -0.39 is 11.6 Å². The molecule has 2 aromatic heterocycles. The normalized spacial score (nSPS) is 14.5. The van der Waals surface area contributed by atoms with Crippen LogP contribution in [0.15, 0.2) is 30.7 Å². The number of benzene rings is 1. The molecular weight excluding hydrogens is 314 g/mol. The van der Waals surface area contributed by atoms with E-state index in [1.54, 1.807) is 23.0 Å². The van der Waals surface area contributed by atoms with E-state index in [2.05, 4.69) is 14.9 Å². The lowest BCUT2D eigenvalue weighted by molar-refractivity contribution is 0.385. The Hall–Kier alpha value is -2.70. The average Bonchev–Trinajstić information content (AvgIpc) is 3.23. The van der Waals surface area contributed by atoms with Gasteiger partial charge >= 0.3 is 0 Å². The average molecular weight is 330 g/mol. The van der Waals surface area contributed by atoms with E-state index in [4.69, 9.17) is 4.74 Å². The minimum absolute atomic E-state index is 0.00210. The summed E-state index contributed by atoms with van der Waals surface area (Å²) >= 11 is 0. The van der Waals surface area contributed by atoms with Crippen LogP contribution in [0.5, 0.6) is 5.75 Å². The fourth-order valence-electron chi connectivity index (χ4n) is 3.21. The Labute approximate surface area is 137 Å². The topological polar surface area (TPSA) is 42.7 Å². The van der Waals surface area contributed by atoms with Gasteiger partial charge in [-0.1, -0.05) is 0 Å². The Bertz CT molecular complexity index is 903. The van der Waals surface area contributed by atoms with Gasteiger partial charge < -0.3 is 9.64 Å². The van der Waals surface area contributed by atoms with Crippen LogP contribution in [0.25, 0.3) is 16.9 Å². The summed E-state index contributed by atoms with van der Waals surface area (Å²) in [7, 11) is 1.36. The van der Waals surface area contributed by atoms with Crippen molar-refractivity contribution in [2.24, 2.45) is 0 Å². The van der Waals surface area contributed by atoms with Gasteiger partial charge in [-0.3, -0.25) is 4.40 Å². The number of imidazole rings is 1. The van der Waals surface area contributed by atoms with Crippen LogP contribution in [0.1, 0.15) is 12.8 Å². The number of aromatic nitrogens is 3. The van der Waals surface area contributed by atoms with Crippen LogP contribution in [0.2, 0.25) is 0 Å². The maximum absolute atomic E-state index is 14.0. The predicted octanol–water partition coefficient (Wildman–Crippen LogP) is 3.28. The number of fused-ring (bicyclic) bond motifs is 1. The van der Waals surface area contributed by atoms with Crippen LogP contribution < -0.4 is 9.64 Å². The summed E-state index contributed by atoms with van der Waals surface area (Å²) in [6.07, 6.45) is 7.25. The number of ether oxygens (including phenoxy) is 1. The van der Waals surface area contributed by atoms with Gasteiger partial charge in [-0.25, -0.2) is 18.7 Å². The van der Waals surface area contributed by atoms with Crippen molar-refractivity contribution in [3.05, 3.63) is 42.4 Å². The van der Waals surface area contributed by atoms with Gasteiger partial charge in [0, 0.05) is 37.1 Å². The summed E-state index contributed by atoms with van der Waals surface area (Å²) in [5, 5.41) is 0. The summed E-state index contributed by atoms with van der Waals surface area (Å²) in [5.41, 5.74) is 1.55. The van der Waals surface area contributed by atoms with Gasteiger partial charge in [0.15, 0.2) is 23.0 Å². The predicted molar refractivity (Wildman–Crippen MR) is 86.3 cm³/mol. The molecule has 3 heterocycles. The third-order valence-corrected chi connectivity index (χ3v) is 4.30. The summed E-state index contributed by atoms with van der Waals surface area (Å²) in [4.78, 5) is 11.0. The standard InChI is InChI=1S/C17H16F2N4O/c1-24-15-12(8-11(18)9-13(15)19)14-10-21-17-16(20-4-7-23(14)17)22-5-2-3-6-22/h4,7-10H,2-3,5-6H2,1H3. The van der Waals surface area contributed by atoms with E-state index in [1.165, 1.54) is 13.2 Å². The zero-order chi connectivity index (χ0) is 16.7. The number of rotatable bonds is 3. The lowest BCUT2D eigenvalue weighted by Gasteiger charge is -2.17. The molecular formula is C17H16F2N4O. The molecule has 1 fully saturated rings. The number of halogens is 2. The largest absolute Gasteiger partial charge is 0.493 e. The molecule has 7 heteroatoms. The van der Waals surface area contributed by atoms with Crippen LogP contribution in [0, 0.1) is 11.6 Å². The summed E-state index contributed by atoms with van der Waals surface area (Å²) in [6, 6.07) is 2.06. The van der Waals surface area contributed by atoms with Crippen molar-refractivity contribution in [3.63, 3.8) is 0 Å². The van der Waals surface area contributed by atoms with E-state index >= 15 is 0 Å². The van der Waals surface area contributed by atoms with Crippen LogP contribution in [-0.2, 0) is 0 Å². The van der Waals surface area contributed by atoms with Crippen molar-refractivity contribution >= 4 is 11.5 Å². The molecule has 0 amide bonds. The Morgan fingerprint density at radius 3 is 2.67 bits per heavy atom. The van der Waals surface area contributed by atoms with Crippen LogP contribution in [0.4, 0.5) is 14.6 Å². The van der Waals surface area contributed by atoms with Gasteiger partial charge in [0.1, 0.15) is 5.82 Å². The summed E-state index contributed by atoms with van der Waals surface area (Å²) < 4.78 is 34.6. The van der Waals surface area contributed by atoms with Crippen LogP contribution in [0.3, 0.4) is 0 Å². The fourth-order valence-corrected chi connectivity index (χ4v) is 3.21. The molecule has 0 aliphatic carbocycles. The molecule has 0 unspecified atom stereocenters. The lowest BCUT2D eigenvalue weighted by atomic mass is 10.1. The molecule has 0 N–H and O–H groups in total. The second-order valence-corrected chi connectivity index (χ2v) is 5.75. The van der Waals surface area contributed by atoms with E-state index in [1.807, 2.05) is 0 Å². The van der Waals surface area contributed by atoms with E-state index in [0.29, 0.717) is 16.9 Å². The van der Waals surface area contributed by atoms with Gasteiger partial charge in [-0.2, -0.15) is 0 Å². The monoisotopic (exact) mass is 330 g/mol. The van der Waals surface area contributed by atoms with E-state index in [0.717, 1.165) is 37.8 Å². The molecule has 5 nitrogen and oxygen atoms in total. The first-order valence-electron chi connectivity index (χ1n) is 7.79. The SMILES string of the molecule is COc1c(F)cc(F)cc1-c1cnc2c(N3CCCC3)nccn12. The number of hydrogen-bond donors (Lipinski definition) is 0. The molecule has 0 spiro atoms. The van der Waals surface area contributed by atoms with Crippen LogP contribution in [-0.4, -0.2) is 34.6 Å². The van der Waals surface area contributed by atoms with Crippen molar-refractivity contribution in [2.45, 2.75) is 12.8 Å². The molecule has 0 saturated carbocycles. The molecule has 124 valence electrons. The molecule has 0 atom stereocenters. The Morgan fingerprint density at radius 2 is 1.92 bits per heavy atom. The molecule has 4 rings (SSSR count).